The van der Waals surface area contributed by atoms with Gasteiger partial charge >= 0.3 is 0 Å². The van der Waals surface area contributed by atoms with E-state index in [0.29, 0.717) is 13.1 Å². The Morgan fingerprint density at radius 1 is 1.40 bits per heavy atom. The Morgan fingerprint density at radius 3 is 2.60 bits per heavy atom. The Morgan fingerprint density at radius 2 is 2.10 bits per heavy atom. The lowest BCUT2D eigenvalue weighted by atomic mass is 10.0. The number of benzene rings is 1. The van der Waals surface area contributed by atoms with Crippen molar-refractivity contribution in [3.05, 3.63) is 29.8 Å². The van der Waals surface area contributed by atoms with Gasteiger partial charge in [-0.25, -0.2) is 0 Å². The second-order valence-corrected chi connectivity index (χ2v) is 4.88. The largest absolute Gasteiger partial charge is 0.497 e. The van der Waals surface area contributed by atoms with E-state index in [4.69, 9.17) is 10.5 Å². The molecule has 0 aliphatic carbocycles. The monoisotopic (exact) mass is 279 g/mol. The van der Waals surface area contributed by atoms with E-state index in [1.807, 2.05) is 31.2 Å². The highest BCUT2D eigenvalue weighted by Crippen LogP contribution is 2.23. The third kappa shape index (κ3) is 4.21. The van der Waals surface area contributed by atoms with Crippen molar-refractivity contribution in [3.8, 4) is 5.75 Å². The van der Waals surface area contributed by atoms with Crippen molar-refractivity contribution >= 4 is 5.91 Å². The van der Waals surface area contributed by atoms with Crippen LogP contribution >= 0.6 is 0 Å². The predicted octanol–water partition coefficient (Wildman–Crippen LogP) is 1.11. The SMILES string of the molecule is CCN(CC(=O)N(C)C)C(CN)c1cccc(OC)c1. The molecule has 0 radical (unpaired) electrons. The average Bonchev–Trinajstić information content (AvgIpc) is 2.46. The van der Waals surface area contributed by atoms with E-state index in [2.05, 4.69) is 4.90 Å². The van der Waals surface area contributed by atoms with Crippen LogP contribution < -0.4 is 10.5 Å². The summed E-state index contributed by atoms with van der Waals surface area (Å²) >= 11 is 0. The van der Waals surface area contributed by atoms with Crippen molar-refractivity contribution in [2.24, 2.45) is 5.73 Å². The molecule has 0 saturated heterocycles. The fourth-order valence-electron chi connectivity index (χ4n) is 2.10. The van der Waals surface area contributed by atoms with Crippen molar-refractivity contribution < 1.29 is 9.53 Å². The zero-order chi connectivity index (χ0) is 15.1. The molecule has 1 unspecified atom stereocenters. The smallest absolute Gasteiger partial charge is 0.236 e. The zero-order valence-corrected chi connectivity index (χ0v) is 12.8. The second kappa shape index (κ2) is 7.87. The third-order valence-corrected chi connectivity index (χ3v) is 3.39. The average molecular weight is 279 g/mol. The van der Waals surface area contributed by atoms with Gasteiger partial charge in [0.25, 0.3) is 0 Å². The number of hydrogen-bond acceptors (Lipinski definition) is 4. The molecule has 5 heteroatoms. The van der Waals surface area contributed by atoms with Crippen LogP contribution in [0.2, 0.25) is 0 Å². The second-order valence-electron chi connectivity index (χ2n) is 4.88. The Labute approximate surface area is 121 Å². The zero-order valence-electron chi connectivity index (χ0n) is 12.8. The first-order chi connectivity index (χ1) is 9.53. The van der Waals surface area contributed by atoms with Gasteiger partial charge in [-0.2, -0.15) is 0 Å². The highest BCUT2D eigenvalue weighted by atomic mass is 16.5. The lowest BCUT2D eigenvalue weighted by molar-refractivity contribution is -0.130. The molecule has 1 aromatic carbocycles. The Balaban J connectivity index is 2.93. The van der Waals surface area contributed by atoms with E-state index in [0.717, 1.165) is 17.9 Å². The van der Waals surface area contributed by atoms with E-state index in [9.17, 15) is 4.79 Å². The summed E-state index contributed by atoms with van der Waals surface area (Å²) in [4.78, 5) is 15.6. The highest BCUT2D eigenvalue weighted by molar-refractivity contribution is 5.77. The summed E-state index contributed by atoms with van der Waals surface area (Å²) in [6, 6.07) is 7.85. The normalized spacial score (nSPS) is 12.3. The number of nitrogens with two attached hydrogens (primary N) is 1. The number of amides is 1. The van der Waals surface area contributed by atoms with Gasteiger partial charge in [0.1, 0.15) is 5.75 Å². The summed E-state index contributed by atoms with van der Waals surface area (Å²) in [5, 5.41) is 0. The molecule has 0 heterocycles. The maximum absolute atomic E-state index is 11.9. The molecule has 0 aliphatic rings. The standard InChI is InChI=1S/C15H25N3O2/c1-5-18(11-15(19)17(2)3)14(10-16)12-7-6-8-13(9-12)20-4/h6-9,14H,5,10-11,16H2,1-4H3. The molecule has 20 heavy (non-hydrogen) atoms. The van der Waals surface area contributed by atoms with Crippen LogP contribution in [0.15, 0.2) is 24.3 Å². The molecule has 0 spiro atoms. The molecule has 2 N–H and O–H groups in total. The van der Waals surface area contributed by atoms with Gasteiger partial charge in [0, 0.05) is 26.7 Å². The molecule has 0 fully saturated rings. The van der Waals surface area contributed by atoms with Crippen LogP contribution in [0.3, 0.4) is 0 Å². The number of methoxy groups -OCH3 is 1. The lowest BCUT2D eigenvalue weighted by Gasteiger charge is -2.30. The number of nitrogens with zero attached hydrogens (tertiary/aromatic N) is 2. The summed E-state index contributed by atoms with van der Waals surface area (Å²) in [7, 11) is 5.17. The predicted molar refractivity (Wildman–Crippen MR) is 80.7 cm³/mol. The van der Waals surface area contributed by atoms with Crippen LogP contribution in [0.1, 0.15) is 18.5 Å². The molecular weight excluding hydrogens is 254 g/mol. The van der Waals surface area contributed by atoms with E-state index in [1.54, 1.807) is 26.1 Å². The van der Waals surface area contributed by atoms with Crippen molar-refractivity contribution in [1.82, 2.24) is 9.80 Å². The molecule has 5 nitrogen and oxygen atoms in total. The van der Waals surface area contributed by atoms with Gasteiger partial charge in [-0.05, 0) is 24.2 Å². The molecule has 1 rings (SSSR count). The molecule has 0 aromatic heterocycles. The number of hydrogen-bond donors (Lipinski definition) is 1. The van der Waals surface area contributed by atoms with Gasteiger partial charge < -0.3 is 15.4 Å². The minimum Gasteiger partial charge on any atom is -0.497 e. The highest BCUT2D eigenvalue weighted by Gasteiger charge is 2.21. The molecule has 1 amide bonds. The first-order valence-corrected chi connectivity index (χ1v) is 6.81. The number of carbonyl (C=O) groups is 1. The quantitative estimate of drug-likeness (QED) is 0.812. The van der Waals surface area contributed by atoms with Gasteiger partial charge in [0.2, 0.25) is 5.91 Å². The molecule has 1 atom stereocenters. The number of likely N-dealkylation sites (N-methyl/N-ethyl adjacent to an activating group) is 2. The maximum atomic E-state index is 11.9. The number of carbonyl (C=O) groups excluding carboxylic acids is 1. The fraction of sp³-hybridized carbons (Fsp3) is 0.533. The van der Waals surface area contributed by atoms with Crippen molar-refractivity contribution in [2.75, 3.05) is 40.8 Å². The van der Waals surface area contributed by atoms with Crippen molar-refractivity contribution in [2.45, 2.75) is 13.0 Å². The third-order valence-electron chi connectivity index (χ3n) is 3.39. The number of rotatable bonds is 7. The van der Waals surface area contributed by atoms with E-state index < -0.39 is 0 Å². The first kappa shape index (κ1) is 16.5. The Bertz CT molecular complexity index is 435. The molecule has 1 aromatic rings. The fourth-order valence-corrected chi connectivity index (χ4v) is 2.10. The summed E-state index contributed by atoms with van der Waals surface area (Å²) in [5.74, 6) is 0.879. The van der Waals surface area contributed by atoms with Crippen LogP contribution in [-0.4, -0.2) is 56.5 Å². The minimum atomic E-state index is 0.0130. The summed E-state index contributed by atoms with van der Waals surface area (Å²) in [6.45, 7) is 3.62. The van der Waals surface area contributed by atoms with Crippen molar-refractivity contribution in [1.29, 1.82) is 0 Å². The Kier molecular flexibility index (Phi) is 6.48. The van der Waals surface area contributed by atoms with Crippen LogP contribution in [0.4, 0.5) is 0 Å². The van der Waals surface area contributed by atoms with E-state index >= 15 is 0 Å². The van der Waals surface area contributed by atoms with Crippen LogP contribution in [0.5, 0.6) is 5.75 Å². The van der Waals surface area contributed by atoms with Gasteiger partial charge in [-0.15, -0.1) is 0 Å². The van der Waals surface area contributed by atoms with Gasteiger partial charge in [-0.1, -0.05) is 19.1 Å². The van der Waals surface area contributed by atoms with Crippen LogP contribution in [0.25, 0.3) is 0 Å². The topological polar surface area (TPSA) is 58.8 Å². The van der Waals surface area contributed by atoms with Crippen LogP contribution in [-0.2, 0) is 4.79 Å². The van der Waals surface area contributed by atoms with Gasteiger partial charge in [-0.3, -0.25) is 9.69 Å². The van der Waals surface area contributed by atoms with Gasteiger partial charge in [0.15, 0.2) is 0 Å². The summed E-state index contributed by atoms with van der Waals surface area (Å²) in [5.41, 5.74) is 6.99. The first-order valence-electron chi connectivity index (χ1n) is 6.81. The van der Waals surface area contributed by atoms with E-state index in [-0.39, 0.29) is 11.9 Å². The molecule has 0 aliphatic heterocycles. The molecule has 0 saturated carbocycles. The maximum Gasteiger partial charge on any atom is 0.236 e. The number of ether oxygens (including phenoxy) is 1. The molecule has 112 valence electrons. The Hall–Kier alpha value is -1.59. The van der Waals surface area contributed by atoms with E-state index in [1.165, 1.54) is 0 Å². The minimum absolute atomic E-state index is 0.0130. The molecular formula is C15H25N3O2. The van der Waals surface area contributed by atoms with Crippen molar-refractivity contribution in [3.63, 3.8) is 0 Å². The summed E-state index contributed by atoms with van der Waals surface area (Å²) in [6.07, 6.45) is 0. The summed E-state index contributed by atoms with van der Waals surface area (Å²) < 4.78 is 5.25. The van der Waals surface area contributed by atoms with Gasteiger partial charge in [0.05, 0.1) is 13.7 Å². The van der Waals surface area contributed by atoms with Crippen LogP contribution in [0, 0.1) is 0 Å². The lowest BCUT2D eigenvalue weighted by Crippen LogP contribution is -2.41. The molecule has 0 bridgehead atoms.